The van der Waals surface area contributed by atoms with E-state index in [2.05, 4.69) is 73.7 Å². The van der Waals surface area contributed by atoms with Gasteiger partial charge in [0.05, 0.1) is 19.8 Å². The fraction of sp³-hybridized carbons (Fsp3) is 0.286. The van der Waals surface area contributed by atoms with Gasteiger partial charge in [0.1, 0.15) is 5.69 Å². The number of fused-ring (bicyclic) bond motifs is 5. The Bertz CT molecular complexity index is 841. The second-order valence-corrected chi connectivity index (χ2v) is 7.75. The van der Waals surface area contributed by atoms with Crippen LogP contribution >= 0.6 is 11.8 Å². The molecule has 4 nitrogen and oxygen atoms in total. The molecule has 0 N–H and O–H groups in total. The van der Waals surface area contributed by atoms with Crippen LogP contribution in [0.4, 0.5) is 0 Å². The molecule has 0 bridgehead atoms. The van der Waals surface area contributed by atoms with Gasteiger partial charge in [-0.05, 0) is 31.8 Å². The van der Waals surface area contributed by atoms with Crippen LogP contribution in [0.25, 0.3) is 22.4 Å². The molecule has 1 aliphatic rings. The molecule has 134 valence electrons. The number of hydrogen-bond donors (Lipinski definition) is 0. The Kier molecular flexibility index (Phi) is 5.11. The van der Waals surface area contributed by atoms with Crippen LogP contribution < -0.4 is 0 Å². The zero-order chi connectivity index (χ0) is 17.9. The standard InChI is InChI=1S/C21H23N3OS/c1-23(2)11-13-25-14-12-24-15-18-16-7-3-5-9-19(16)26-20-10-6-4-8-17(20)21(18)22-24/h3-10,15H,11-14H2,1-2H3. The summed E-state index contributed by atoms with van der Waals surface area (Å²) in [7, 11) is 4.11. The first-order valence-corrected chi connectivity index (χ1v) is 9.70. The number of likely N-dealkylation sites (N-methyl/N-ethyl adjacent to an activating group) is 1. The zero-order valence-electron chi connectivity index (χ0n) is 15.2. The lowest BCUT2D eigenvalue weighted by Crippen LogP contribution is -2.19. The van der Waals surface area contributed by atoms with Crippen LogP contribution in [0, 0.1) is 0 Å². The maximum Gasteiger partial charge on any atom is 0.101 e. The van der Waals surface area contributed by atoms with Gasteiger partial charge in [0, 0.05) is 33.7 Å². The molecule has 0 radical (unpaired) electrons. The van der Waals surface area contributed by atoms with E-state index in [1.54, 1.807) is 0 Å². The molecule has 0 spiro atoms. The molecule has 1 aliphatic heterocycles. The van der Waals surface area contributed by atoms with E-state index in [1.807, 2.05) is 16.4 Å². The first-order chi connectivity index (χ1) is 12.7. The molecule has 0 atom stereocenters. The normalized spacial score (nSPS) is 12.4. The Labute approximate surface area is 158 Å². The summed E-state index contributed by atoms with van der Waals surface area (Å²) in [6.45, 7) is 3.12. The molecule has 0 aliphatic carbocycles. The van der Waals surface area contributed by atoms with E-state index in [4.69, 9.17) is 9.84 Å². The molecular weight excluding hydrogens is 342 g/mol. The number of nitrogens with zero attached hydrogens (tertiary/aromatic N) is 3. The van der Waals surface area contributed by atoms with E-state index >= 15 is 0 Å². The van der Waals surface area contributed by atoms with Crippen LogP contribution in [-0.2, 0) is 11.3 Å². The van der Waals surface area contributed by atoms with Gasteiger partial charge in [-0.15, -0.1) is 0 Å². The Morgan fingerprint density at radius 1 is 0.923 bits per heavy atom. The summed E-state index contributed by atoms with van der Waals surface area (Å²) >= 11 is 1.82. The third-order valence-electron chi connectivity index (χ3n) is 4.45. The number of ether oxygens (including phenoxy) is 1. The average molecular weight is 366 g/mol. The smallest absolute Gasteiger partial charge is 0.101 e. The van der Waals surface area contributed by atoms with Crippen molar-refractivity contribution < 1.29 is 4.74 Å². The van der Waals surface area contributed by atoms with Gasteiger partial charge in [0.2, 0.25) is 0 Å². The van der Waals surface area contributed by atoms with Crippen LogP contribution in [0.2, 0.25) is 0 Å². The van der Waals surface area contributed by atoms with Crippen molar-refractivity contribution in [2.24, 2.45) is 0 Å². The summed E-state index contributed by atoms with van der Waals surface area (Å²) in [6, 6.07) is 17.1. The predicted octanol–water partition coefficient (Wildman–Crippen LogP) is 4.26. The molecule has 2 aromatic carbocycles. The van der Waals surface area contributed by atoms with Gasteiger partial charge in [0.15, 0.2) is 0 Å². The van der Waals surface area contributed by atoms with Gasteiger partial charge >= 0.3 is 0 Å². The highest BCUT2D eigenvalue weighted by molar-refractivity contribution is 7.99. The van der Waals surface area contributed by atoms with Gasteiger partial charge in [-0.2, -0.15) is 5.10 Å². The molecule has 5 heteroatoms. The second kappa shape index (κ2) is 7.66. The highest BCUT2D eigenvalue weighted by Gasteiger charge is 2.22. The number of benzene rings is 2. The Hall–Kier alpha value is -2.08. The minimum Gasteiger partial charge on any atom is -0.378 e. The lowest BCUT2D eigenvalue weighted by molar-refractivity contribution is 0.109. The quantitative estimate of drug-likeness (QED) is 0.478. The molecule has 0 saturated carbocycles. The molecule has 0 saturated heterocycles. The van der Waals surface area contributed by atoms with Crippen LogP contribution in [0.3, 0.4) is 0 Å². The minimum atomic E-state index is 0.673. The maximum atomic E-state index is 5.74. The first kappa shape index (κ1) is 17.3. The molecule has 2 heterocycles. The van der Waals surface area contributed by atoms with Gasteiger partial charge in [-0.25, -0.2) is 0 Å². The molecular formula is C21H23N3OS. The first-order valence-electron chi connectivity index (χ1n) is 8.89. The highest BCUT2D eigenvalue weighted by atomic mass is 32.2. The summed E-state index contributed by atoms with van der Waals surface area (Å²) < 4.78 is 7.76. The maximum absolute atomic E-state index is 5.74. The minimum absolute atomic E-state index is 0.673. The summed E-state index contributed by atoms with van der Waals surface area (Å²) in [5.41, 5.74) is 4.72. The van der Waals surface area contributed by atoms with Crippen molar-refractivity contribution in [3.8, 4) is 22.4 Å². The summed E-state index contributed by atoms with van der Waals surface area (Å²) in [4.78, 5) is 4.66. The lowest BCUT2D eigenvalue weighted by Gasteiger charge is -2.10. The molecule has 26 heavy (non-hydrogen) atoms. The fourth-order valence-corrected chi connectivity index (χ4v) is 4.18. The van der Waals surface area contributed by atoms with Gasteiger partial charge < -0.3 is 9.64 Å². The summed E-state index contributed by atoms with van der Waals surface area (Å²) in [6.07, 6.45) is 2.16. The zero-order valence-corrected chi connectivity index (χ0v) is 16.0. The number of aromatic nitrogens is 2. The Morgan fingerprint density at radius 3 is 2.38 bits per heavy atom. The van der Waals surface area contributed by atoms with Gasteiger partial charge in [0.25, 0.3) is 0 Å². The van der Waals surface area contributed by atoms with E-state index in [-0.39, 0.29) is 0 Å². The van der Waals surface area contributed by atoms with Crippen molar-refractivity contribution >= 4 is 11.8 Å². The Morgan fingerprint density at radius 2 is 1.62 bits per heavy atom. The van der Waals surface area contributed by atoms with Crippen LogP contribution in [0.5, 0.6) is 0 Å². The third-order valence-corrected chi connectivity index (χ3v) is 5.60. The van der Waals surface area contributed by atoms with Crippen LogP contribution in [-0.4, -0.2) is 48.5 Å². The molecule has 0 fully saturated rings. The van der Waals surface area contributed by atoms with Crippen LogP contribution in [0.1, 0.15) is 0 Å². The van der Waals surface area contributed by atoms with Crippen LogP contribution in [0.15, 0.2) is 64.5 Å². The predicted molar refractivity (Wildman–Crippen MR) is 107 cm³/mol. The van der Waals surface area contributed by atoms with Crippen molar-refractivity contribution in [1.82, 2.24) is 14.7 Å². The molecule has 0 unspecified atom stereocenters. The molecule has 3 aromatic rings. The Balaban J connectivity index is 1.62. The van der Waals surface area contributed by atoms with Gasteiger partial charge in [-0.3, -0.25) is 4.68 Å². The molecule has 4 rings (SSSR count). The second-order valence-electron chi connectivity index (χ2n) is 6.66. The molecule has 1 aromatic heterocycles. The number of rotatable bonds is 6. The van der Waals surface area contributed by atoms with Crippen molar-refractivity contribution in [2.45, 2.75) is 16.3 Å². The highest BCUT2D eigenvalue weighted by Crippen LogP contribution is 2.46. The number of hydrogen-bond acceptors (Lipinski definition) is 4. The van der Waals surface area contributed by atoms with E-state index < -0.39 is 0 Å². The van der Waals surface area contributed by atoms with Crippen molar-refractivity contribution in [3.05, 3.63) is 54.7 Å². The topological polar surface area (TPSA) is 30.3 Å². The monoisotopic (exact) mass is 365 g/mol. The van der Waals surface area contributed by atoms with E-state index in [0.717, 1.165) is 25.4 Å². The lowest BCUT2D eigenvalue weighted by atomic mass is 10.0. The summed E-state index contributed by atoms with van der Waals surface area (Å²) in [5.74, 6) is 0. The van der Waals surface area contributed by atoms with Crippen molar-refractivity contribution in [3.63, 3.8) is 0 Å². The fourth-order valence-electron chi connectivity index (χ4n) is 3.09. The van der Waals surface area contributed by atoms with E-state index in [0.29, 0.717) is 6.61 Å². The third kappa shape index (κ3) is 3.56. The molecule has 0 amide bonds. The summed E-state index contributed by atoms with van der Waals surface area (Å²) in [5, 5.41) is 4.90. The van der Waals surface area contributed by atoms with E-state index in [1.165, 1.54) is 26.5 Å². The van der Waals surface area contributed by atoms with Crippen molar-refractivity contribution in [2.75, 3.05) is 33.9 Å². The average Bonchev–Trinajstić information content (AvgIpc) is 3.01. The SMILES string of the molecule is CN(C)CCOCCn1cc2c(n1)-c1ccccc1Sc1ccccc1-2. The van der Waals surface area contributed by atoms with E-state index in [9.17, 15) is 0 Å². The van der Waals surface area contributed by atoms with Gasteiger partial charge in [-0.1, -0.05) is 48.2 Å². The van der Waals surface area contributed by atoms with Crippen molar-refractivity contribution in [1.29, 1.82) is 0 Å². The largest absolute Gasteiger partial charge is 0.378 e.